The molecule has 2 aromatic carbocycles. The Kier molecular flexibility index (Phi) is 5.35. The highest BCUT2D eigenvalue weighted by Gasteiger charge is 2.05. The van der Waals surface area contributed by atoms with Gasteiger partial charge in [0.15, 0.2) is 0 Å². The molecule has 0 radical (unpaired) electrons. The van der Waals surface area contributed by atoms with Crippen LogP contribution in [0.4, 0.5) is 10.1 Å². The van der Waals surface area contributed by atoms with Crippen molar-refractivity contribution in [3.05, 3.63) is 59.9 Å². The van der Waals surface area contributed by atoms with E-state index in [4.69, 9.17) is 5.26 Å². The number of halogens is 1. The molecule has 0 aliphatic heterocycles. The topological polar surface area (TPSA) is 52.9 Å². The van der Waals surface area contributed by atoms with Crippen LogP contribution in [0.15, 0.2) is 53.4 Å². The first-order valence-electron chi connectivity index (χ1n) is 6.36. The van der Waals surface area contributed by atoms with Gasteiger partial charge in [-0.25, -0.2) is 4.39 Å². The fraction of sp³-hybridized carbons (Fsp3) is 0.125. The van der Waals surface area contributed by atoms with Gasteiger partial charge in [0.1, 0.15) is 5.82 Å². The zero-order valence-corrected chi connectivity index (χ0v) is 12.0. The molecule has 0 aliphatic rings. The predicted octanol–water partition coefficient (Wildman–Crippen LogP) is 3.82. The van der Waals surface area contributed by atoms with E-state index in [0.29, 0.717) is 21.9 Å². The lowest BCUT2D eigenvalue weighted by Crippen LogP contribution is -2.12. The zero-order valence-electron chi connectivity index (χ0n) is 11.2. The van der Waals surface area contributed by atoms with Crippen LogP contribution in [0.25, 0.3) is 0 Å². The summed E-state index contributed by atoms with van der Waals surface area (Å²) in [5.41, 5.74) is 1.09. The minimum absolute atomic E-state index is 0.158. The number of carbonyl (C=O) groups excluding carboxylic acids is 1. The molecule has 5 heteroatoms. The number of rotatable bonds is 5. The van der Waals surface area contributed by atoms with E-state index in [2.05, 4.69) is 5.32 Å². The van der Waals surface area contributed by atoms with Gasteiger partial charge in [-0.05, 0) is 30.3 Å². The van der Waals surface area contributed by atoms with Gasteiger partial charge in [-0.1, -0.05) is 18.2 Å². The lowest BCUT2D eigenvalue weighted by atomic mass is 10.2. The summed E-state index contributed by atoms with van der Waals surface area (Å²) in [4.78, 5) is 12.3. The SMILES string of the molecule is N#Cc1cccc(NC(=O)CCSc2ccccc2F)c1. The quantitative estimate of drug-likeness (QED) is 0.854. The minimum atomic E-state index is -0.273. The van der Waals surface area contributed by atoms with Crippen molar-refractivity contribution in [2.24, 2.45) is 0 Å². The molecular formula is C16H13FN2OS. The van der Waals surface area contributed by atoms with E-state index in [1.54, 1.807) is 42.5 Å². The fourth-order valence-electron chi connectivity index (χ4n) is 1.71. The van der Waals surface area contributed by atoms with Crippen LogP contribution in [0.5, 0.6) is 0 Å². The van der Waals surface area contributed by atoms with Gasteiger partial charge in [-0.3, -0.25) is 4.79 Å². The molecule has 0 fully saturated rings. The van der Waals surface area contributed by atoms with Gasteiger partial charge in [0, 0.05) is 22.8 Å². The van der Waals surface area contributed by atoms with Crippen molar-refractivity contribution in [1.29, 1.82) is 5.26 Å². The maximum Gasteiger partial charge on any atom is 0.225 e. The smallest absolute Gasteiger partial charge is 0.225 e. The Morgan fingerprint density at radius 1 is 1.24 bits per heavy atom. The molecule has 106 valence electrons. The molecule has 2 aromatic rings. The van der Waals surface area contributed by atoms with Crippen LogP contribution < -0.4 is 5.32 Å². The number of hydrogen-bond acceptors (Lipinski definition) is 3. The third-order valence-corrected chi connectivity index (χ3v) is 3.75. The molecule has 0 atom stereocenters. The zero-order chi connectivity index (χ0) is 15.1. The molecule has 1 amide bonds. The van der Waals surface area contributed by atoms with Crippen LogP contribution in [0.1, 0.15) is 12.0 Å². The molecule has 3 nitrogen and oxygen atoms in total. The first-order valence-corrected chi connectivity index (χ1v) is 7.35. The summed E-state index contributed by atoms with van der Waals surface area (Å²) in [6, 6.07) is 15.2. The average molecular weight is 300 g/mol. The fourth-order valence-corrected chi connectivity index (χ4v) is 2.59. The Balaban J connectivity index is 1.83. The molecule has 0 bridgehead atoms. The average Bonchev–Trinajstić information content (AvgIpc) is 2.49. The van der Waals surface area contributed by atoms with Crippen molar-refractivity contribution >= 4 is 23.4 Å². The maximum atomic E-state index is 13.4. The van der Waals surface area contributed by atoms with Crippen molar-refractivity contribution < 1.29 is 9.18 Å². The normalized spacial score (nSPS) is 9.90. The number of nitriles is 1. The summed E-state index contributed by atoms with van der Waals surface area (Å²) >= 11 is 1.31. The van der Waals surface area contributed by atoms with E-state index in [-0.39, 0.29) is 18.1 Å². The highest BCUT2D eigenvalue weighted by Crippen LogP contribution is 2.22. The number of carbonyl (C=O) groups is 1. The molecule has 0 aliphatic carbocycles. The van der Waals surface area contributed by atoms with E-state index < -0.39 is 0 Å². The van der Waals surface area contributed by atoms with Crippen LogP contribution in [-0.2, 0) is 4.79 Å². The van der Waals surface area contributed by atoms with Crippen molar-refractivity contribution in [1.82, 2.24) is 0 Å². The molecule has 1 N–H and O–H groups in total. The van der Waals surface area contributed by atoms with E-state index in [1.165, 1.54) is 17.8 Å². The van der Waals surface area contributed by atoms with E-state index in [0.717, 1.165) is 0 Å². The number of amides is 1. The second kappa shape index (κ2) is 7.46. The van der Waals surface area contributed by atoms with Crippen LogP contribution >= 0.6 is 11.8 Å². The number of benzene rings is 2. The lowest BCUT2D eigenvalue weighted by molar-refractivity contribution is -0.115. The van der Waals surface area contributed by atoms with Gasteiger partial charge in [0.05, 0.1) is 11.6 Å². The van der Waals surface area contributed by atoms with Crippen molar-refractivity contribution in [2.45, 2.75) is 11.3 Å². The Morgan fingerprint density at radius 3 is 2.81 bits per heavy atom. The molecule has 21 heavy (non-hydrogen) atoms. The number of nitrogens with zero attached hydrogens (tertiary/aromatic N) is 1. The van der Waals surface area contributed by atoms with Crippen molar-refractivity contribution in [3.63, 3.8) is 0 Å². The molecule has 0 heterocycles. The number of nitrogens with one attached hydrogen (secondary N) is 1. The van der Waals surface area contributed by atoms with Crippen molar-refractivity contribution in [3.8, 4) is 6.07 Å². The maximum absolute atomic E-state index is 13.4. The molecule has 0 spiro atoms. The highest BCUT2D eigenvalue weighted by atomic mass is 32.2. The molecule has 0 unspecified atom stereocenters. The summed E-state index contributed by atoms with van der Waals surface area (Å²) < 4.78 is 13.4. The van der Waals surface area contributed by atoms with E-state index >= 15 is 0 Å². The Bertz CT molecular complexity index is 682. The van der Waals surface area contributed by atoms with Gasteiger partial charge in [0.2, 0.25) is 5.91 Å². The summed E-state index contributed by atoms with van der Waals surface area (Å²) in [5.74, 6) is 0.0589. The summed E-state index contributed by atoms with van der Waals surface area (Å²) in [6.07, 6.45) is 0.274. The van der Waals surface area contributed by atoms with Crippen molar-refractivity contribution in [2.75, 3.05) is 11.1 Å². The van der Waals surface area contributed by atoms with Gasteiger partial charge in [-0.2, -0.15) is 5.26 Å². The highest BCUT2D eigenvalue weighted by molar-refractivity contribution is 7.99. The minimum Gasteiger partial charge on any atom is -0.326 e. The summed E-state index contributed by atoms with van der Waals surface area (Å²) in [6.45, 7) is 0. The summed E-state index contributed by atoms with van der Waals surface area (Å²) in [7, 11) is 0. The monoisotopic (exact) mass is 300 g/mol. The van der Waals surface area contributed by atoms with Gasteiger partial charge >= 0.3 is 0 Å². The first-order chi connectivity index (χ1) is 10.2. The Hall–Kier alpha value is -2.32. The van der Waals surface area contributed by atoms with Crippen LogP contribution in [0, 0.1) is 17.1 Å². The first kappa shape index (κ1) is 15.1. The number of thioether (sulfide) groups is 1. The molecule has 2 rings (SSSR count). The Labute approximate surface area is 126 Å². The summed E-state index contributed by atoms with van der Waals surface area (Å²) in [5, 5.41) is 11.5. The number of anilines is 1. The second-order valence-corrected chi connectivity index (χ2v) is 5.41. The van der Waals surface area contributed by atoms with E-state index in [9.17, 15) is 9.18 Å². The van der Waals surface area contributed by atoms with Gasteiger partial charge < -0.3 is 5.32 Å². The molecule has 0 saturated carbocycles. The Morgan fingerprint density at radius 2 is 2.05 bits per heavy atom. The standard InChI is InChI=1S/C16H13FN2OS/c17-14-6-1-2-7-15(14)21-9-8-16(20)19-13-5-3-4-12(10-13)11-18/h1-7,10H,8-9H2,(H,19,20). The molecule has 0 aromatic heterocycles. The second-order valence-electron chi connectivity index (χ2n) is 4.27. The molecular weight excluding hydrogens is 287 g/mol. The van der Waals surface area contributed by atoms with Crippen LogP contribution in [0.2, 0.25) is 0 Å². The van der Waals surface area contributed by atoms with Crippen LogP contribution in [-0.4, -0.2) is 11.7 Å². The number of hydrogen-bond donors (Lipinski definition) is 1. The third kappa shape index (κ3) is 4.62. The van der Waals surface area contributed by atoms with Crippen LogP contribution in [0.3, 0.4) is 0 Å². The predicted molar refractivity (Wildman–Crippen MR) is 81.5 cm³/mol. The van der Waals surface area contributed by atoms with Gasteiger partial charge in [-0.15, -0.1) is 11.8 Å². The largest absolute Gasteiger partial charge is 0.326 e. The molecule has 0 saturated heterocycles. The third-order valence-electron chi connectivity index (χ3n) is 2.70. The van der Waals surface area contributed by atoms with Gasteiger partial charge in [0.25, 0.3) is 0 Å². The lowest BCUT2D eigenvalue weighted by Gasteiger charge is -2.06. The van der Waals surface area contributed by atoms with E-state index in [1.807, 2.05) is 6.07 Å².